The summed E-state index contributed by atoms with van der Waals surface area (Å²) in [5, 5.41) is 0. The van der Waals surface area contributed by atoms with Crippen molar-refractivity contribution in [2.45, 2.75) is 11.2 Å². The average Bonchev–Trinajstić information content (AvgIpc) is 3.21. The monoisotopic (exact) mass is 246 g/mol. The van der Waals surface area contributed by atoms with E-state index in [0.29, 0.717) is 0 Å². The number of hydrogen-bond donors (Lipinski definition) is 0. The highest BCUT2D eigenvalue weighted by Crippen LogP contribution is 2.65. The molecule has 4 rings (SSSR count). The Kier molecular flexibility index (Phi) is 2.09. The molecule has 92 valence electrons. The third-order valence-corrected chi connectivity index (χ3v) is 4.01. The molecule has 1 aliphatic carbocycles. The third-order valence-electron chi connectivity index (χ3n) is 4.01. The van der Waals surface area contributed by atoms with E-state index >= 15 is 0 Å². The van der Waals surface area contributed by atoms with Gasteiger partial charge in [0.2, 0.25) is 0 Å². The summed E-state index contributed by atoms with van der Waals surface area (Å²) in [6, 6.07) is 20.9. The van der Waals surface area contributed by atoms with E-state index < -0.39 is 0 Å². The first-order valence-corrected chi connectivity index (χ1v) is 6.56. The van der Waals surface area contributed by atoms with Gasteiger partial charge in [0.25, 0.3) is 0 Å². The fraction of sp³-hybridized carbons (Fsp3) is 0.111. The number of allylic oxidation sites excluding steroid dienone is 2. The van der Waals surface area contributed by atoms with Crippen molar-refractivity contribution in [2.75, 3.05) is 0 Å². The SMILES string of the molecule is C1=CC2(c3ccccc3)OC2(c2ccccc2)C=C1. The van der Waals surface area contributed by atoms with E-state index in [1.165, 1.54) is 11.1 Å². The second-order valence-corrected chi connectivity index (χ2v) is 5.02. The van der Waals surface area contributed by atoms with Gasteiger partial charge in [-0.3, -0.25) is 0 Å². The van der Waals surface area contributed by atoms with Crippen LogP contribution < -0.4 is 0 Å². The van der Waals surface area contributed by atoms with Crippen molar-refractivity contribution < 1.29 is 4.74 Å². The molecule has 0 aromatic heterocycles. The van der Waals surface area contributed by atoms with Crippen LogP contribution in [0.2, 0.25) is 0 Å². The maximum absolute atomic E-state index is 6.25. The summed E-state index contributed by atoms with van der Waals surface area (Å²) in [5.41, 5.74) is 1.76. The molecule has 0 N–H and O–H groups in total. The zero-order valence-electron chi connectivity index (χ0n) is 10.5. The van der Waals surface area contributed by atoms with Crippen molar-refractivity contribution in [3.8, 4) is 0 Å². The predicted octanol–water partition coefficient (Wildman–Crippen LogP) is 3.93. The minimum absolute atomic E-state index is 0.329. The molecule has 1 heteroatoms. The van der Waals surface area contributed by atoms with Gasteiger partial charge in [0.1, 0.15) is 0 Å². The number of fused-ring (bicyclic) bond motifs is 1. The summed E-state index contributed by atoms with van der Waals surface area (Å²) in [6.45, 7) is 0. The quantitative estimate of drug-likeness (QED) is 0.731. The van der Waals surface area contributed by atoms with Crippen LogP contribution in [0.25, 0.3) is 0 Å². The summed E-state index contributed by atoms with van der Waals surface area (Å²) < 4.78 is 6.25. The Morgan fingerprint density at radius 3 is 1.42 bits per heavy atom. The predicted molar refractivity (Wildman–Crippen MR) is 75.6 cm³/mol. The van der Waals surface area contributed by atoms with Crippen LogP contribution in [0, 0.1) is 0 Å². The van der Waals surface area contributed by atoms with Crippen LogP contribution in [-0.2, 0) is 15.9 Å². The van der Waals surface area contributed by atoms with E-state index in [0.717, 1.165) is 0 Å². The second kappa shape index (κ2) is 3.69. The average molecular weight is 246 g/mol. The molecule has 1 saturated heterocycles. The first-order chi connectivity index (χ1) is 9.37. The molecule has 1 fully saturated rings. The Bertz CT molecular complexity index is 597. The molecule has 2 aromatic carbocycles. The summed E-state index contributed by atoms with van der Waals surface area (Å²) >= 11 is 0. The molecular formula is C18H14O. The lowest BCUT2D eigenvalue weighted by atomic mass is 9.79. The molecule has 0 spiro atoms. The second-order valence-electron chi connectivity index (χ2n) is 5.02. The molecule has 1 nitrogen and oxygen atoms in total. The summed E-state index contributed by atoms with van der Waals surface area (Å²) in [6.07, 6.45) is 8.47. The van der Waals surface area contributed by atoms with Gasteiger partial charge < -0.3 is 4.74 Å². The standard InChI is InChI=1S/C18H14O/c1-3-9-15(10-4-1)17-13-7-8-14-18(17,19-17)16-11-5-2-6-12-16/h1-14H. The highest BCUT2D eigenvalue weighted by molar-refractivity contribution is 5.52. The van der Waals surface area contributed by atoms with Gasteiger partial charge in [0, 0.05) is 0 Å². The first kappa shape index (κ1) is 10.8. The van der Waals surface area contributed by atoms with Crippen LogP contribution in [0.4, 0.5) is 0 Å². The first-order valence-electron chi connectivity index (χ1n) is 6.56. The molecule has 1 aliphatic heterocycles. The topological polar surface area (TPSA) is 12.5 Å². The normalized spacial score (nSPS) is 30.9. The number of hydrogen-bond acceptors (Lipinski definition) is 1. The Hall–Kier alpha value is -2.12. The highest BCUT2D eigenvalue weighted by atomic mass is 16.6. The number of rotatable bonds is 2. The fourth-order valence-electron chi connectivity index (χ4n) is 3.04. The molecule has 1 heterocycles. The van der Waals surface area contributed by atoms with E-state index in [-0.39, 0.29) is 11.2 Å². The molecule has 2 aliphatic rings. The van der Waals surface area contributed by atoms with Gasteiger partial charge in [-0.2, -0.15) is 0 Å². The van der Waals surface area contributed by atoms with E-state index in [9.17, 15) is 0 Å². The molecule has 0 amide bonds. The van der Waals surface area contributed by atoms with Crippen molar-refractivity contribution in [2.24, 2.45) is 0 Å². The minimum Gasteiger partial charge on any atom is -0.343 e. The van der Waals surface area contributed by atoms with Crippen molar-refractivity contribution in [3.05, 3.63) is 96.1 Å². The van der Waals surface area contributed by atoms with Crippen LogP contribution in [0.15, 0.2) is 85.0 Å². The van der Waals surface area contributed by atoms with E-state index in [1.807, 2.05) is 12.1 Å². The lowest BCUT2D eigenvalue weighted by molar-refractivity contribution is 0.309. The lowest BCUT2D eigenvalue weighted by Crippen LogP contribution is -2.20. The van der Waals surface area contributed by atoms with Crippen LogP contribution in [0.5, 0.6) is 0 Å². The van der Waals surface area contributed by atoms with Crippen molar-refractivity contribution in [1.82, 2.24) is 0 Å². The third kappa shape index (κ3) is 1.33. The highest BCUT2D eigenvalue weighted by Gasteiger charge is 2.69. The Morgan fingerprint density at radius 1 is 0.579 bits per heavy atom. The van der Waals surface area contributed by atoms with Crippen molar-refractivity contribution in [3.63, 3.8) is 0 Å². The number of benzene rings is 2. The van der Waals surface area contributed by atoms with E-state index in [4.69, 9.17) is 4.74 Å². The smallest absolute Gasteiger partial charge is 0.150 e. The van der Waals surface area contributed by atoms with Crippen molar-refractivity contribution >= 4 is 0 Å². The van der Waals surface area contributed by atoms with Crippen LogP contribution in [0.3, 0.4) is 0 Å². The fourth-order valence-corrected chi connectivity index (χ4v) is 3.04. The Labute approximate surface area is 112 Å². The van der Waals surface area contributed by atoms with Gasteiger partial charge in [0.05, 0.1) is 0 Å². The Balaban J connectivity index is 1.87. The molecule has 0 bridgehead atoms. The maximum atomic E-state index is 6.25. The zero-order chi connectivity index (χ0) is 12.8. The van der Waals surface area contributed by atoms with Crippen LogP contribution in [-0.4, -0.2) is 0 Å². The summed E-state index contributed by atoms with van der Waals surface area (Å²) in [7, 11) is 0. The van der Waals surface area contributed by atoms with Gasteiger partial charge in [-0.25, -0.2) is 0 Å². The van der Waals surface area contributed by atoms with E-state index in [1.54, 1.807) is 0 Å². The number of ether oxygens (including phenoxy) is 1. The molecule has 2 aromatic rings. The molecule has 19 heavy (non-hydrogen) atoms. The Morgan fingerprint density at radius 2 is 1.00 bits per heavy atom. The summed E-state index contributed by atoms with van der Waals surface area (Å²) in [4.78, 5) is 0. The molecule has 0 saturated carbocycles. The van der Waals surface area contributed by atoms with Gasteiger partial charge in [-0.1, -0.05) is 72.8 Å². The maximum Gasteiger partial charge on any atom is 0.150 e. The van der Waals surface area contributed by atoms with Gasteiger partial charge in [-0.15, -0.1) is 0 Å². The van der Waals surface area contributed by atoms with Gasteiger partial charge in [-0.05, 0) is 23.3 Å². The summed E-state index contributed by atoms with van der Waals surface area (Å²) in [5.74, 6) is 0. The molecule has 0 radical (unpaired) electrons. The lowest BCUT2D eigenvalue weighted by Gasteiger charge is -2.17. The zero-order valence-corrected chi connectivity index (χ0v) is 10.5. The van der Waals surface area contributed by atoms with Crippen molar-refractivity contribution in [1.29, 1.82) is 0 Å². The van der Waals surface area contributed by atoms with Gasteiger partial charge >= 0.3 is 0 Å². The molecular weight excluding hydrogens is 232 g/mol. The van der Waals surface area contributed by atoms with Crippen LogP contribution in [0.1, 0.15) is 11.1 Å². The van der Waals surface area contributed by atoms with E-state index in [2.05, 4.69) is 72.8 Å². The molecule has 2 atom stereocenters. The molecule has 2 unspecified atom stereocenters. The largest absolute Gasteiger partial charge is 0.343 e. The number of epoxide rings is 1. The van der Waals surface area contributed by atoms with Crippen LogP contribution >= 0.6 is 0 Å². The van der Waals surface area contributed by atoms with Gasteiger partial charge in [0.15, 0.2) is 11.2 Å². The minimum atomic E-state index is -0.329.